The number of benzene rings is 2. The molecule has 2 aromatic heterocycles. The third-order valence-corrected chi connectivity index (χ3v) is 6.45. The van der Waals surface area contributed by atoms with E-state index in [0.717, 1.165) is 33.5 Å². The van der Waals surface area contributed by atoms with Crippen LogP contribution >= 0.6 is 11.3 Å². The van der Waals surface area contributed by atoms with E-state index in [9.17, 15) is 14.4 Å². The standard InChI is InChI=1S/C25H26N4O3S/c1-4-8-17-11-13-18(14-12-17)22-16(3)33-24(27-22)26-21(30)15-29-20-10-7-6-9-19(20)23(31)28(5-2)25(29)32/h6-7,9-14H,4-5,8,15H2,1-3H3,(H,26,27,30). The summed E-state index contributed by atoms with van der Waals surface area (Å²) in [4.78, 5) is 43.9. The Kier molecular flexibility index (Phi) is 6.55. The average molecular weight is 463 g/mol. The molecule has 0 bridgehead atoms. The van der Waals surface area contributed by atoms with E-state index in [1.165, 1.54) is 21.5 Å². The molecule has 170 valence electrons. The number of para-hydroxylation sites is 1. The fourth-order valence-corrected chi connectivity index (χ4v) is 4.79. The van der Waals surface area contributed by atoms with E-state index in [1.54, 1.807) is 31.2 Å². The molecule has 2 heterocycles. The van der Waals surface area contributed by atoms with Gasteiger partial charge in [0.25, 0.3) is 5.56 Å². The molecule has 0 saturated carbocycles. The molecule has 33 heavy (non-hydrogen) atoms. The lowest BCUT2D eigenvalue weighted by Crippen LogP contribution is -2.41. The van der Waals surface area contributed by atoms with Gasteiger partial charge >= 0.3 is 5.69 Å². The van der Waals surface area contributed by atoms with Crippen molar-refractivity contribution in [2.75, 3.05) is 5.32 Å². The Morgan fingerprint density at radius 1 is 1.03 bits per heavy atom. The van der Waals surface area contributed by atoms with Crippen LogP contribution in [0.15, 0.2) is 58.1 Å². The van der Waals surface area contributed by atoms with Gasteiger partial charge in [0, 0.05) is 17.0 Å². The zero-order valence-corrected chi connectivity index (χ0v) is 19.7. The first-order chi connectivity index (χ1) is 15.9. The number of thiazole rings is 1. The molecule has 7 nitrogen and oxygen atoms in total. The maximum atomic E-state index is 12.9. The lowest BCUT2D eigenvalue weighted by molar-refractivity contribution is -0.116. The van der Waals surface area contributed by atoms with Gasteiger partial charge in [0.15, 0.2) is 5.13 Å². The number of rotatable bonds is 7. The molecular formula is C25H26N4O3S. The number of hydrogen-bond donors (Lipinski definition) is 1. The van der Waals surface area contributed by atoms with Crippen LogP contribution in [-0.2, 0) is 24.3 Å². The molecule has 0 unspecified atom stereocenters. The van der Waals surface area contributed by atoms with E-state index < -0.39 is 5.69 Å². The Balaban J connectivity index is 1.59. The largest absolute Gasteiger partial charge is 0.331 e. The Hall–Kier alpha value is -3.52. The number of carbonyl (C=O) groups excluding carboxylic acids is 1. The van der Waals surface area contributed by atoms with Crippen molar-refractivity contribution in [1.82, 2.24) is 14.1 Å². The minimum absolute atomic E-state index is 0.209. The van der Waals surface area contributed by atoms with Crippen LogP contribution in [0.25, 0.3) is 22.2 Å². The van der Waals surface area contributed by atoms with Crippen LogP contribution in [0.4, 0.5) is 5.13 Å². The molecule has 0 radical (unpaired) electrons. The molecule has 0 aliphatic heterocycles. The van der Waals surface area contributed by atoms with Crippen LogP contribution in [-0.4, -0.2) is 20.0 Å². The second-order valence-electron chi connectivity index (χ2n) is 7.85. The lowest BCUT2D eigenvalue weighted by Gasteiger charge is -2.12. The summed E-state index contributed by atoms with van der Waals surface area (Å²) in [6.45, 7) is 5.88. The molecule has 0 aliphatic carbocycles. The van der Waals surface area contributed by atoms with E-state index in [0.29, 0.717) is 16.0 Å². The van der Waals surface area contributed by atoms with Gasteiger partial charge in [-0.3, -0.25) is 18.7 Å². The number of amides is 1. The molecular weight excluding hydrogens is 436 g/mol. The smallest absolute Gasteiger partial charge is 0.300 e. The van der Waals surface area contributed by atoms with E-state index >= 15 is 0 Å². The molecule has 0 atom stereocenters. The van der Waals surface area contributed by atoms with Gasteiger partial charge in [-0.2, -0.15) is 0 Å². The van der Waals surface area contributed by atoms with Crippen molar-refractivity contribution in [3.63, 3.8) is 0 Å². The highest BCUT2D eigenvalue weighted by Crippen LogP contribution is 2.30. The Bertz CT molecular complexity index is 1430. The SMILES string of the molecule is CCCc1ccc(-c2nc(NC(=O)Cn3c(=O)n(CC)c(=O)c4ccccc43)sc2C)cc1. The Labute approximate surface area is 195 Å². The van der Waals surface area contributed by atoms with Gasteiger partial charge in [-0.1, -0.05) is 49.7 Å². The summed E-state index contributed by atoms with van der Waals surface area (Å²) in [7, 11) is 0. The van der Waals surface area contributed by atoms with Gasteiger partial charge in [-0.05, 0) is 38.0 Å². The average Bonchev–Trinajstić information content (AvgIpc) is 3.17. The first-order valence-corrected chi connectivity index (χ1v) is 11.8. The topological polar surface area (TPSA) is 86.0 Å². The first kappa shape index (κ1) is 22.7. The van der Waals surface area contributed by atoms with Gasteiger partial charge in [0.05, 0.1) is 16.6 Å². The molecule has 1 amide bonds. The number of aromatic nitrogens is 3. The summed E-state index contributed by atoms with van der Waals surface area (Å²) in [5, 5.41) is 3.70. The van der Waals surface area contributed by atoms with Gasteiger partial charge in [0.2, 0.25) is 5.91 Å². The molecule has 4 aromatic rings. The summed E-state index contributed by atoms with van der Waals surface area (Å²) < 4.78 is 2.48. The Morgan fingerprint density at radius 2 is 1.76 bits per heavy atom. The van der Waals surface area contributed by atoms with Crippen LogP contribution in [0.2, 0.25) is 0 Å². The maximum Gasteiger partial charge on any atom is 0.331 e. The van der Waals surface area contributed by atoms with Crippen molar-refractivity contribution in [1.29, 1.82) is 0 Å². The summed E-state index contributed by atoms with van der Waals surface area (Å²) in [6.07, 6.45) is 2.14. The third-order valence-electron chi connectivity index (χ3n) is 5.56. The van der Waals surface area contributed by atoms with E-state index in [1.807, 2.05) is 6.92 Å². The summed E-state index contributed by atoms with van der Waals surface area (Å²) >= 11 is 1.39. The number of anilines is 1. The quantitative estimate of drug-likeness (QED) is 0.446. The molecule has 0 saturated heterocycles. The minimum Gasteiger partial charge on any atom is -0.300 e. The lowest BCUT2D eigenvalue weighted by atomic mass is 10.1. The molecule has 1 N–H and O–H groups in total. The monoisotopic (exact) mass is 462 g/mol. The Morgan fingerprint density at radius 3 is 2.45 bits per heavy atom. The van der Waals surface area contributed by atoms with Gasteiger partial charge < -0.3 is 5.32 Å². The number of nitrogens with one attached hydrogen (secondary N) is 1. The normalized spacial score (nSPS) is 11.1. The van der Waals surface area contributed by atoms with Crippen molar-refractivity contribution in [2.45, 2.75) is 46.7 Å². The van der Waals surface area contributed by atoms with Crippen molar-refractivity contribution in [2.24, 2.45) is 0 Å². The minimum atomic E-state index is -0.500. The highest BCUT2D eigenvalue weighted by Gasteiger charge is 2.16. The fraction of sp³-hybridized carbons (Fsp3) is 0.280. The maximum absolute atomic E-state index is 12.9. The van der Waals surface area contributed by atoms with Crippen LogP contribution in [0.1, 0.15) is 30.7 Å². The highest BCUT2D eigenvalue weighted by atomic mass is 32.1. The molecule has 0 fully saturated rings. The second kappa shape index (κ2) is 9.54. The van der Waals surface area contributed by atoms with Gasteiger partial charge in [-0.15, -0.1) is 11.3 Å². The van der Waals surface area contributed by atoms with Crippen molar-refractivity contribution in [3.05, 3.63) is 79.8 Å². The van der Waals surface area contributed by atoms with Gasteiger partial charge in [0.1, 0.15) is 6.54 Å². The molecule has 2 aromatic carbocycles. The van der Waals surface area contributed by atoms with Crippen molar-refractivity contribution in [3.8, 4) is 11.3 Å². The number of fused-ring (bicyclic) bond motifs is 1. The summed E-state index contributed by atoms with van der Waals surface area (Å²) in [5.74, 6) is -0.373. The molecule has 0 spiro atoms. The first-order valence-electron chi connectivity index (χ1n) is 11.0. The summed E-state index contributed by atoms with van der Waals surface area (Å²) in [5.41, 5.74) is 2.71. The van der Waals surface area contributed by atoms with Crippen LogP contribution < -0.4 is 16.6 Å². The number of carbonyl (C=O) groups is 1. The van der Waals surface area contributed by atoms with Crippen LogP contribution in [0.5, 0.6) is 0 Å². The van der Waals surface area contributed by atoms with E-state index in [4.69, 9.17) is 0 Å². The van der Waals surface area contributed by atoms with Crippen LogP contribution in [0.3, 0.4) is 0 Å². The zero-order valence-electron chi connectivity index (χ0n) is 18.9. The second-order valence-corrected chi connectivity index (χ2v) is 9.06. The third kappa shape index (κ3) is 4.52. The molecule has 8 heteroatoms. The predicted octanol–water partition coefficient (Wildman–Crippen LogP) is 4.21. The fourth-order valence-electron chi connectivity index (χ4n) is 3.94. The van der Waals surface area contributed by atoms with Crippen molar-refractivity contribution >= 4 is 33.3 Å². The molecule has 0 aliphatic rings. The number of nitrogens with zero attached hydrogens (tertiary/aromatic N) is 3. The number of aryl methyl sites for hydroxylation is 2. The summed E-state index contributed by atoms with van der Waals surface area (Å²) in [6, 6.07) is 15.2. The highest BCUT2D eigenvalue weighted by molar-refractivity contribution is 7.16. The van der Waals surface area contributed by atoms with E-state index in [-0.39, 0.29) is 24.6 Å². The van der Waals surface area contributed by atoms with Gasteiger partial charge in [-0.25, -0.2) is 9.78 Å². The van der Waals surface area contributed by atoms with Crippen molar-refractivity contribution < 1.29 is 4.79 Å². The predicted molar refractivity (Wildman–Crippen MR) is 133 cm³/mol. The zero-order chi connectivity index (χ0) is 23.5. The van der Waals surface area contributed by atoms with E-state index in [2.05, 4.69) is 41.5 Å². The molecule has 4 rings (SSSR count). The van der Waals surface area contributed by atoms with Crippen LogP contribution in [0, 0.1) is 6.92 Å². The number of hydrogen-bond acceptors (Lipinski definition) is 5.